The van der Waals surface area contributed by atoms with Crippen LogP contribution in [0.15, 0.2) is 18.5 Å². The van der Waals surface area contributed by atoms with Crippen LogP contribution in [0.3, 0.4) is 0 Å². The Morgan fingerprint density at radius 1 is 1.41 bits per heavy atom. The predicted octanol–water partition coefficient (Wildman–Crippen LogP) is -2.11. The maximum Gasteiger partial charge on any atom is 0.239 e. The summed E-state index contributed by atoms with van der Waals surface area (Å²) in [5.74, 6) is -0.118. The molecule has 0 spiro atoms. The average Bonchev–Trinajstić information content (AvgIpc) is 3.31. The van der Waals surface area contributed by atoms with Crippen molar-refractivity contribution in [2.45, 2.75) is 43.6 Å². The van der Waals surface area contributed by atoms with E-state index in [4.69, 9.17) is 22.7 Å². The number of fused-ring (bicyclic) bond motifs is 1. The zero-order valence-corrected chi connectivity index (χ0v) is 18.1. The molecule has 3 rings (SSSR count). The molecule has 0 aromatic carbocycles. The van der Waals surface area contributed by atoms with Gasteiger partial charge >= 0.3 is 0 Å². The third-order valence-corrected chi connectivity index (χ3v) is 5.29. The van der Waals surface area contributed by atoms with Gasteiger partial charge in [0.1, 0.15) is 35.5 Å². The molecular weight excluding hydrogens is 442 g/mol. The molecule has 1 fully saturated rings. The number of rotatable bonds is 9. The number of nitrogens with one attached hydrogen (secondary N) is 3. The number of nitrogens with zero attached hydrogens (tertiary/aromatic N) is 3. The van der Waals surface area contributed by atoms with Crippen LogP contribution in [0, 0.1) is 4.64 Å². The van der Waals surface area contributed by atoms with Crippen LogP contribution in [0.25, 0.3) is 11.2 Å². The summed E-state index contributed by atoms with van der Waals surface area (Å²) in [5.41, 5.74) is 6.35. The van der Waals surface area contributed by atoms with E-state index in [0.29, 0.717) is 23.7 Å². The maximum atomic E-state index is 11.7. The summed E-state index contributed by atoms with van der Waals surface area (Å²) < 4.78 is 7.25. The number of aromatic nitrogens is 4. The van der Waals surface area contributed by atoms with E-state index in [1.165, 1.54) is 17.8 Å². The van der Waals surface area contributed by atoms with Crippen LogP contribution < -0.4 is 16.4 Å². The lowest BCUT2D eigenvalue weighted by atomic mass is 10.1. The fraction of sp³-hybridized carbons (Fsp3) is 0.556. The van der Waals surface area contributed by atoms with Crippen molar-refractivity contribution in [3.05, 3.63) is 23.1 Å². The molecule has 0 bridgehead atoms. The molecule has 9 N–H and O–H groups in total. The Hall–Kier alpha value is -2.46. The van der Waals surface area contributed by atoms with Gasteiger partial charge < -0.3 is 46.5 Å². The third kappa shape index (κ3) is 5.12. The smallest absolute Gasteiger partial charge is 0.239 e. The van der Waals surface area contributed by atoms with Gasteiger partial charge in [0.2, 0.25) is 11.9 Å². The van der Waals surface area contributed by atoms with Gasteiger partial charge in [-0.1, -0.05) is 24.4 Å². The number of carbonyl (C=O) groups is 1. The highest BCUT2D eigenvalue weighted by atomic mass is 32.1. The van der Waals surface area contributed by atoms with Crippen molar-refractivity contribution in [2.24, 2.45) is 5.73 Å². The van der Waals surface area contributed by atoms with Crippen LogP contribution >= 0.6 is 12.2 Å². The highest BCUT2D eigenvalue weighted by molar-refractivity contribution is 7.71. The van der Waals surface area contributed by atoms with E-state index < -0.39 is 49.2 Å². The molecule has 0 aliphatic carbocycles. The number of anilines is 1. The second kappa shape index (κ2) is 10.4. The number of aliphatic hydroxyl groups excluding tert-OH is 4. The molecule has 1 amide bonds. The molecule has 13 nitrogen and oxygen atoms in total. The number of aliphatic hydroxyl groups is 4. The van der Waals surface area contributed by atoms with Gasteiger partial charge in [-0.2, -0.15) is 0 Å². The summed E-state index contributed by atoms with van der Waals surface area (Å²) in [6.07, 6.45) is -0.478. The summed E-state index contributed by atoms with van der Waals surface area (Å²) in [6, 6.07) is -0.987. The molecule has 14 heteroatoms. The quantitative estimate of drug-likeness (QED) is 0.147. The minimum atomic E-state index is -1.27. The van der Waals surface area contributed by atoms with E-state index in [9.17, 15) is 25.2 Å². The normalized spacial score (nSPS) is 25.3. The Morgan fingerprint density at radius 2 is 2.12 bits per heavy atom. The Morgan fingerprint density at radius 3 is 2.78 bits per heavy atom. The largest absolute Gasteiger partial charge is 0.394 e. The predicted molar refractivity (Wildman–Crippen MR) is 116 cm³/mol. The summed E-state index contributed by atoms with van der Waals surface area (Å²) in [4.78, 5) is 23.1. The standard InChI is InChI=1S/C18H27N7O6S/c1-8(27)10(19)15(30)20-4-2-3-5-21-18-23-14-11(16(32)24-18)22-7-25(14)17-13(29)12(28)9(6-26)31-17/h2-3,7-10,12-13,17,26-29H,4-6,19H2,1H3,(H,20,30)(H2,21,23,24,32)/t8?,9-,10?,12?,13+,17-/m1/s1. The minimum Gasteiger partial charge on any atom is -0.394 e. The van der Waals surface area contributed by atoms with Crippen LogP contribution in [0.4, 0.5) is 5.95 Å². The second-order valence-corrected chi connectivity index (χ2v) is 7.72. The SMILES string of the molecule is CC(O)C(N)C(=O)NCC=CCNc1nc(=S)c2ncn([C@@H]3O[C@H](CO)C(O)[C@@H]3O)c2[nH]1. The van der Waals surface area contributed by atoms with Crippen LogP contribution in [-0.2, 0) is 9.53 Å². The van der Waals surface area contributed by atoms with Crippen LogP contribution in [0.1, 0.15) is 13.2 Å². The van der Waals surface area contributed by atoms with Crippen LogP contribution in [-0.4, -0.2) is 96.0 Å². The lowest BCUT2D eigenvalue weighted by Gasteiger charge is -2.17. The molecular formula is C18H27N7O6S. The molecule has 1 saturated heterocycles. The average molecular weight is 470 g/mol. The van der Waals surface area contributed by atoms with Gasteiger partial charge in [0.25, 0.3) is 0 Å². The molecule has 32 heavy (non-hydrogen) atoms. The number of carbonyl (C=O) groups excluding carboxylic acids is 1. The Balaban J connectivity index is 1.64. The fourth-order valence-corrected chi connectivity index (χ4v) is 3.38. The monoisotopic (exact) mass is 469 g/mol. The van der Waals surface area contributed by atoms with Crippen LogP contribution in [0.2, 0.25) is 0 Å². The first-order valence-corrected chi connectivity index (χ1v) is 10.3. The summed E-state index contributed by atoms with van der Waals surface area (Å²) in [6.45, 7) is 1.59. The van der Waals surface area contributed by atoms with Crippen molar-refractivity contribution in [1.82, 2.24) is 24.8 Å². The topological polar surface area (TPSA) is 204 Å². The fourth-order valence-electron chi connectivity index (χ4n) is 3.14. The number of H-pyrrole nitrogens is 1. The van der Waals surface area contributed by atoms with E-state index in [-0.39, 0.29) is 11.2 Å². The zero-order valence-electron chi connectivity index (χ0n) is 17.3. The number of aromatic amines is 1. The van der Waals surface area contributed by atoms with E-state index in [1.54, 1.807) is 12.2 Å². The van der Waals surface area contributed by atoms with Crippen molar-refractivity contribution in [3.63, 3.8) is 0 Å². The number of imidazole rings is 1. The first-order chi connectivity index (χ1) is 15.2. The van der Waals surface area contributed by atoms with Crippen molar-refractivity contribution in [3.8, 4) is 0 Å². The number of nitrogens with two attached hydrogens (primary N) is 1. The lowest BCUT2D eigenvalue weighted by molar-refractivity contribution is -0.124. The summed E-state index contributed by atoms with van der Waals surface area (Å²) in [5, 5.41) is 44.5. The molecule has 2 aromatic heterocycles. The van der Waals surface area contributed by atoms with E-state index in [1.807, 2.05) is 0 Å². The second-order valence-electron chi connectivity index (χ2n) is 7.33. The lowest BCUT2D eigenvalue weighted by Crippen LogP contribution is -2.47. The molecule has 3 unspecified atom stereocenters. The highest BCUT2D eigenvalue weighted by Crippen LogP contribution is 2.31. The molecule has 6 atom stereocenters. The van der Waals surface area contributed by atoms with Crippen molar-refractivity contribution in [2.75, 3.05) is 25.0 Å². The third-order valence-electron chi connectivity index (χ3n) is 5.01. The van der Waals surface area contributed by atoms with Crippen molar-refractivity contribution < 1.29 is 30.0 Å². The first kappa shape index (κ1) is 24.2. The van der Waals surface area contributed by atoms with Crippen molar-refractivity contribution >= 4 is 35.2 Å². The van der Waals surface area contributed by atoms with E-state index in [2.05, 4.69) is 25.6 Å². The number of ether oxygens (including phenoxy) is 1. The van der Waals surface area contributed by atoms with E-state index in [0.717, 1.165) is 0 Å². The van der Waals surface area contributed by atoms with Gasteiger partial charge in [-0.15, -0.1) is 0 Å². The number of hydrogen-bond donors (Lipinski definition) is 8. The number of hydrogen-bond acceptors (Lipinski definition) is 11. The molecule has 2 aromatic rings. The zero-order chi connectivity index (χ0) is 23.4. The summed E-state index contributed by atoms with van der Waals surface area (Å²) >= 11 is 5.28. The number of amides is 1. The molecule has 1 aliphatic rings. The molecule has 0 radical (unpaired) electrons. The Bertz CT molecular complexity index is 1020. The van der Waals surface area contributed by atoms with E-state index >= 15 is 0 Å². The van der Waals surface area contributed by atoms with Crippen LogP contribution in [0.5, 0.6) is 0 Å². The molecule has 0 saturated carbocycles. The van der Waals surface area contributed by atoms with Gasteiger partial charge in [-0.25, -0.2) is 9.97 Å². The highest BCUT2D eigenvalue weighted by Gasteiger charge is 2.43. The molecule has 176 valence electrons. The van der Waals surface area contributed by atoms with Gasteiger partial charge in [0.05, 0.1) is 19.0 Å². The van der Waals surface area contributed by atoms with Gasteiger partial charge in [-0.3, -0.25) is 9.36 Å². The van der Waals surface area contributed by atoms with Gasteiger partial charge in [-0.05, 0) is 6.92 Å². The summed E-state index contributed by atoms with van der Waals surface area (Å²) in [7, 11) is 0. The maximum absolute atomic E-state index is 11.7. The van der Waals surface area contributed by atoms with Crippen molar-refractivity contribution in [1.29, 1.82) is 0 Å². The Kier molecular flexibility index (Phi) is 7.89. The minimum absolute atomic E-state index is 0.218. The van der Waals surface area contributed by atoms with Gasteiger partial charge in [0, 0.05) is 13.1 Å². The van der Waals surface area contributed by atoms with Gasteiger partial charge in [0.15, 0.2) is 10.9 Å². The first-order valence-electron chi connectivity index (χ1n) is 9.94. The Labute approximate surface area is 187 Å². The molecule has 3 heterocycles. The molecule has 1 aliphatic heterocycles.